The summed E-state index contributed by atoms with van der Waals surface area (Å²) in [6, 6.07) is 8.47. The van der Waals surface area contributed by atoms with Gasteiger partial charge in [0.1, 0.15) is 18.1 Å². The normalized spacial score (nSPS) is 15.2. The Morgan fingerprint density at radius 1 is 1.08 bits per heavy atom. The van der Waals surface area contributed by atoms with Crippen molar-refractivity contribution >= 4 is 29.1 Å². The van der Waals surface area contributed by atoms with Crippen molar-refractivity contribution < 1.29 is 13.9 Å². The Morgan fingerprint density at radius 2 is 1.83 bits per heavy atom. The molecule has 0 atom stereocenters. The molecule has 0 saturated carbocycles. The maximum atomic E-state index is 12.5. The van der Waals surface area contributed by atoms with Crippen LogP contribution in [0.1, 0.15) is 42.0 Å². The fourth-order valence-electron chi connectivity index (χ4n) is 2.74. The molecule has 6 heteroatoms. The maximum Gasteiger partial charge on any atom is 0.289 e. The third kappa shape index (κ3) is 4.25. The molecule has 1 saturated heterocycles. The minimum Gasteiger partial charge on any atom is -0.484 e. The van der Waals surface area contributed by atoms with E-state index in [0.717, 1.165) is 25.9 Å². The first-order valence-corrected chi connectivity index (χ1v) is 8.85. The van der Waals surface area contributed by atoms with Crippen LogP contribution in [0.5, 0.6) is 5.75 Å². The number of likely N-dealkylation sites (tertiary alicyclic amines) is 1. The summed E-state index contributed by atoms with van der Waals surface area (Å²) in [4.78, 5) is 14.4. The zero-order valence-corrected chi connectivity index (χ0v) is 14.8. The molecule has 1 aromatic carbocycles. The Labute approximate surface area is 151 Å². The molecule has 4 nitrogen and oxygen atoms in total. The Kier molecular flexibility index (Phi) is 5.69. The number of hydrogen-bond donors (Lipinski definition) is 0. The highest BCUT2D eigenvalue weighted by molar-refractivity contribution is 6.34. The monoisotopic (exact) mass is 367 g/mol. The van der Waals surface area contributed by atoms with Crippen LogP contribution in [-0.2, 0) is 6.61 Å². The molecule has 0 aliphatic carbocycles. The van der Waals surface area contributed by atoms with Gasteiger partial charge in [-0.15, -0.1) is 0 Å². The van der Waals surface area contributed by atoms with E-state index in [1.165, 1.54) is 12.8 Å². The molecule has 1 amide bonds. The third-order valence-electron chi connectivity index (χ3n) is 4.03. The Balaban J connectivity index is 1.62. The van der Waals surface area contributed by atoms with E-state index in [4.69, 9.17) is 32.4 Å². The van der Waals surface area contributed by atoms with E-state index in [1.807, 2.05) is 4.90 Å². The van der Waals surface area contributed by atoms with Gasteiger partial charge >= 0.3 is 0 Å². The van der Waals surface area contributed by atoms with Crippen LogP contribution in [0.15, 0.2) is 34.7 Å². The number of carbonyl (C=O) groups excluding carboxylic acids is 1. The average Bonchev–Trinajstić information content (AvgIpc) is 2.88. The van der Waals surface area contributed by atoms with Crippen LogP contribution in [0.3, 0.4) is 0 Å². The Morgan fingerprint density at radius 3 is 2.58 bits per heavy atom. The molecule has 0 spiro atoms. The SMILES string of the molecule is O=C(c1ccc(COc2cc(Cl)ccc2Cl)o1)N1CCCCCC1. The van der Waals surface area contributed by atoms with Crippen molar-refractivity contribution in [1.29, 1.82) is 0 Å². The lowest BCUT2D eigenvalue weighted by Gasteiger charge is -2.18. The zero-order chi connectivity index (χ0) is 16.9. The van der Waals surface area contributed by atoms with Crippen LogP contribution in [0.4, 0.5) is 0 Å². The smallest absolute Gasteiger partial charge is 0.289 e. The summed E-state index contributed by atoms with van der Waals surface area (Å²) >= 11 is 12.0. The van der Waals surface area contributed by atoms with E-state index in [9.17, 15) is 4.79 Å². The zero-order valence-electron chi connectivity index (χ0n) is 13.3. The summed E-state index contributed by atoms with van der Waals surface area (Å²) in [7, 11) is 0. The topological polar surface area (TPSA) is 42.7 Å². The number of hydrogen-bond acceptors (Lipinski definition) is 3. The number of carbonyl (C=O) groups is 1. The van der Waals surface area contributed by atoms with Crippen molar-refractivity contribution in [2.75, 3.05) is 13.1 Å². The van der Waals surface area contributed by atoms with E-state index in [1.54, 1.807) is 30.3 Å². The standard InChI is InChI=1S/C18H19Cl2NO3/c19-13-5-7-15(20)17(11-13)23-12-14-6-8-16(24-14)18(22)21-9-3-1-2-4-10-21/h5-8,11H,1-4,9-10,12H2. The fraction of sp³-hybridized carbons (Fsp3) is 0.389. The van der Waals surface area contributed by atoms with E-state index in [2.05, 4.69) is 0 Å². The van der Waals surface area contributed by atoms with Gasteiger partial charge in [0.15, 0.2) is 5.76 Å². The molecule has 0 N–H and O–H groups in total. The Hall–Kier alpha value is -1.65. The second-order valence-corrected chi connectivity index (χ2v) is 6.68. The quantitative estimate of drug-likeness (QED) is 0.747. The van der Waals surface area contributed by atoms with Crippen LogP contribution in [-0.4, -0.2) is 23.9 Å². The number of rotatable bonds is 4. The van der Waals surface area contributed by atoms with E-state index in [-0.39, 0.29) is 12.5 Å². The molecular formula is C18H19Cl2NO3. The van der Waals surface area contributed by atoms with Gasteiger partial charge < -0.3 is 14.1 Å². The third-order valence-corrected chi connectivity index (χ3v) is 4.58. The van der Waals surface area contributed by atoms with Gasteiger partial charge in [0.25, 0.3) is 5.91 Å². The molecule has 2 heterocycles. The molecular weight excluding hydrogens is 349 g/mol. The van der Waals surface area contributed by atoms with Crippen LogP contribution in [0.2, 0.25) is 10.0 Å². The molecule has 128 valence electrons. The predicted molar refractivity (Wildman–Crippen MR) is 93.9 cm³/mol. The van der Waals surface area contributed by atoms with Crippen LogP contribution in [0.25, 0.3) is 0 Å². The summed E-state index contributed by atoms with van der Waals surface area (Å²) in [6.07, 6.45) is 4.47. The summed E-state index contributed by atoms with van der Waals surface area (Å²) in [6.45, 7) is 1.78. The van der Waals surface area contributed by atoms with Crippen molar-refractivity contribution in [1.82, 2.24) is 4.90 Å². The van der Waals surface area contributed by atoms with Gasteiger partial charge in [-0.1, -0.05) is 36.0 Å². The lowest BCUT2D eigenvalue weighted by molar-refractivity contribution is 0.0725. The van der Waals surface area contributed by atoms with E-state index < -0.39 is 0 Å². The molecule has 1 fully saturated rings. The molecule has 1 aliphatic heterocycles. The summed E-state index contributed by atoms with van der Waals surface area (Å²) in [5.74, 6) is 1.36. The number of benzene rings is 1. The van der Waals surface area contributed by atoms with Crippen molar-refractivity contribution in [3.63, 3.8) is 0 Å². The van der Waals surface area contributed by atoms with Gasteiger partial charge in [-0.05, 0) is 37.1 Å². The summed E-state index contributed by atoms with van der Waals surface area (Å²) < 4.78 is 11.3. The van der Waals surface area contributed by atoms with Gasteiger partial charge in [-0.2, -0.15) is 0 Å². The van der Waals surface area contributed by atoms with Gasteiger partial charge in [0.05, 0.1) is 5.02 Å². The lowest BCUT2D eigenvalue weighted by Crippen LogP contribution is -2.31. The first-order chi connectivity index (χ1) is 11.6. The van der Waals surface area contributed by atoms with Crippen molar-refractivity contribution in [3.05, 3.63) is 51.9 Å². The molecule has 1 aliphatic rings. The summed E-state index contributed by atoms with van der Waals surface area (Å²) in [5.41, 5.74) is 0. The number of halogens is 2. The second kappa shape index (κ2) is 7.95. The van der Waals surface area contributed by atoms with Gasteiger partial charge in [-0.3, -0.25) is 4.79 Å². The molecule has 0 bridgehead atoms. The van der Waals surface area contributed by atoms with Crippen LogP contribution in [0, 0.1) is 0 Å². The van der Waals surface area contributed by atoms with Gasteiger partial charge in [0, 0.05) is 24.2 Å². The average molecular weight is 368 g/mol. The second-order valence-electron chi connectivity index (χ2n) is 5.84. The van der Waals surface area contributed by atoms with Crippen molar-refractivity contribution in [2.24, 2.45) is 0 Å². The first kappa shape index (κ1) is 17.2. The molecule has 0 unspecified atom stereocenters. The minimum atomic E-state index is -0.0519. The maximum absolute atomic E-state index is 12.5. The minimum absolute atomic E-state index is 0.0519. The highest BCUT2D eigenvalue weighted by atomic mass is 35.5. The number of ether oxygens (including phenoxy) is 1. The molecule has 24 heavy (non-hydrogen) atoms. The largest absolute Gasteiger partial charge is 0.484 e. The molecule has 1 aromatic heterocycles. The van der Waals surface area contributed by atoms with Gasteiger partial charge in [0.2, 0.25) is 0 Å². The van der Waals surface area contributed by atoms with E-state index in [0.29, 0.717) is 27.3 Å². The molecule has 3 rings (SSSR count). The highest BCUT2D eigenvalue weighted by Gasteiger charge is 2.20. The first-order valence-electron chi connectivity index (χ1n) is 8.09. The van der Waals surface area contributed by atoms with E-state index >= 15 is 0 Å². The van der Waals surface area contributed by atoms with Crippen molar-refractivity contribution in [2.45, 2.75) is 32.3 Å². The van der Waals surface area contributed by atoms with Crippen molar-refractivity contribution in [3.8, 4) is 5.75 Å². The summed E-state index contributed by atoms with van der Waals surface area (Å²) in [5, 5.41) is 1.03. The van der Waals surface area contributed by atoms with Crippen LogP contribution >= 0.6 is 23.2 Å². The van der Waals surface area contributed by atoms with Crippen LogP contribution < -0.4 is 4.74 Å². The fourth-order valence-corrected chi connectivity index (χ4v) is 3.07. The highest BCUT2D eigenvalue weighted by Crippen LogP contribution is 2.28. The lowest BCUT2D eigenvalue weighted by atomic mass is 10.2. The number of furan rings is 1. The van der Waals surface area contributed by atoms with Gasteiger partial charge in [-0.25, -0.2) is 0 Å². The number of amides is 1. The predicted octanol–water partition coefficient (Wildman–Crippen LogP) is 5.18. The molecule has 0 radical (unpaired) electrons. The number of nitrogens with zero attached hydrogens (tertiary/aromatic N) is 1. The molecule has 2 aromatic rings. The Bertz CT molecular complexity index is 706.